The lowest BCUT2D eigenvalue weighted by Crippen LogP contribution is -2.13. The zero-order valence-electron chi connectivity index (χ0n) is 7.27. The van der Waals surface area contributed by atoms with E-state index in [4.69, 9.17) is 5.14 Å². The van der Waals surface area contributed by atoms with Crippen molar-refractivity contribution in [3.63, 3.8) is 0 Å². The first kappa shape index (κ1) is 11.1. The van der Waals surface area contributed by atoms with Crippen LogP contribution < -0.4 is 5.14 Å². The van der Waals surface area contributed by atoms with Gasteiger partial charge in [-0.2, -0.15) is 12.6 Å². The number of thiol groups is 1. The summed E-state index contributed by atoms with van der Waals surface area (Å²) in [7, 11) is -3.69. The molecule has 2 N–H and O–H groups in total. The summed E-state index contributed by atoms with van der Waals surface area (Å²) >= 11 is 3.90. The second kappa shape index (κ2) is 4.51. The maximum atomic E-state index is 11.1. The van der Waals surface area contributed by atoms with Gasteiger partial charge >= 0.3 is 0 Å². The van der Waals surface area contributed by atoms with E-state index < -0.39 is 10.0 Å². The maximum absolute atomic E-state index is 11.1. The highest BCUT2D eigenvalue weighted by Gasteiger charge is 2.10. The van der Waals surface area contributed by atoms with E-state index in [1.54, 1.807) is 18.2 Å². The Morgan fingerprint density at radius 2 is 2.00 bits per heavy atom. The highest BCUT2D eigenvalue weighted by molar-refractivity contribution is 7.89. The van der Waals surface area contributed by atoms with Crippen LogP contribution in [0.3, 0.4) is 0 Å². The molecule has 0 bridgehead atoms. The van der Waals surface area contributed by atoms with Gasteiger partial charge in [0.25, 0.3) is 0 Å². The van der Waals surface area contributed by atoms with E-state index >= 15 is 0 Å². The summed E-state index contributed by atoms with van der Waals surface area (Å²) in [6, 6.07) is 6.34. The van der Waals surface area contributed by atoms with Gasteiger partial charge < -0.3 is 0 Å². The topological polar surface area (TPSA) is 60.2 Å². The third kappa shape index (κ3) is 2.77. The molecule has 0 fully saturated rings. The minimum absolute atomic E-state index is 0.0503. The number of hydrogen-bond acceptors (Lipinski definition) is 3. The molecule has 0 saturated heterocycles. The molecule has 5 heteroatoms. The number of nitrogens with two attached hydrogens (primary N) is 1. The lowest BCUT2D eigenvalue weighted by Gasteiger charge is -1.99. The summed E-state index contributed by atoms with van der Waals surface area (Å²) in [6.45, 7) is 0. The molecular weight excluding hydrogens is 218 g/mol. The number of primary sulfonamides is 1. The molecule has 0 unspecified atom stereocenters. The Kier molecular flexibility index (Phi) is 3.58. The van der Waals surface area contributed by atoms with E-state index in [0.717, 1.165) is 0 Å². The zero-order chi connectivity index (χ0) is 10.6. The second-order valence-corrected chi connectivity index (χ2v) is 4.35. The summed E-state index contributed by atoms with van der Waals surface area (Å²) in [5, 5.41) is 5.01. The van der Waals surface area contributed by atoms with Crippen molar-refractivity contribution in [1.82, 2.24) is 0 Å². The van der Waals surface area contributed by atoms with Crippen LogP contribution in [0.1, 0.15) is 5.56 Å². The predicted octanol–water partition coefficient (Wildman–Crippen LogP) is 0.615. The SMILES string of the molecule is NS(=O)(=O)c1ccccc1C#CCS. The van der Waals surface area contributed by atoms with Gasteiger partial charge in [-0.05, 0) is 12.1 Å². The molecule has 0 aromatic heterocycles. The van der Waals surface area contributed by atoms with Crippen molar-refractivity contribution < 1.29 is 8.42 Å². The van der Waals surface area contributed by atoms with Crippen LogP contribution in [0.5, 0.6) is 0 Å². The summed E-state index contributed by atoms with van der Waals surface area (Å²) in [4.78, 5) is 0.0503. The summed E-state index contributed by atoms with van der Waals surface area (Å²) in [5.74, 6) is 5.73. The van der Waals surface area contributed by atoms with Gasteiger partial charge in [0.2, 0.25) is 10.0 Å². The second-order valence-electron chi connectivity index (χ2n) is 2.50. The van der Waals surface area contributed by atoms with E-state index in [2.05, 4.69) is 24.5 Å². The van der Waals surface area contributed by atoms with Crippen molar-refractivity contribution in [1.29, 1.82) is 0 Å². The van der Waals surface area contributed by atoms with Gasteiger partial charge in [-0.1, -0.05) is 24.0 Å². The van der Waals surface area contributed by atoms with Crippen molar-refractivity contribution in [2.45, 2.75) is 4.90 Å². The van der Waals surface area contributed by atoms with E-state index in [0.29, 0.717) is 11.3 Å². The lowest BCUT2D eigenvalue weighted by molar-refractivity contribution is 0.597. The normalized spacial score (nSPS) is 10.4. The molecule has 74 valence electrons. The average Bonchev–Trinajstić information content (AvgIpc) is 2.14. The van der Waals surface area contributed by atoms with Crippen LogP contribution >= 0.6 is 12.6 Å². The summed E-state index contributed by atoms with van der Waals surface area (Å²) in [6.07, 6.45) is 0. The van der Waals surface area contributed by atoms with Gasteiger partial charge in [-0.3, -0.25) is 0 Å². The molecule has 1 rings (SSSR count). The van der Waals surface area contributed by atoms with Crippen molar-refractivity contribution in [3.8, 4) is 11.8 Å². The molecule has 0 amide bonds. The lowest BCUT2D eigenvalue weighted by atomic mass is 10.2. The maximum Gasteiger partial charge on any atom is 0.239 e. The largest absolute Gasteiger partial charge is 0.239 e. The molecule has 1 aromatic carbocycles. The van der Waals surface area contributed by atoms with Gasteiger partial charge in [0.1, 0.15) is 0 Å². The summed E-state index contributed by atoms with van der Waals surface area (Å²) < 4.78 is 22.2. The molecule has 1 aromatic rings. The van der Waals surface area contributed by atoms with Crippen LogP contribution in [-0.2, 0) is 10.0 Å². The van der Waals surface area contributed by atoms with Crippen LogP contribution in [-0.4, -0.2) is 14.2 Å². The van der Waals surface area contributed by atoms with Crippen molar-refractivity contribution in [3.05, 3.63) is 29.8 Å². The smallest absolute Gasteiger partial charge is 0.225 e. The zero-order valence-corrected chi connectivity index (χ0v) is 8.98. The van der Waals surface area contributed by atoms with Gasteiger partial charge in [0.15, 0.2) is 0 Å². The minimum atomic E-state index is -3.69. The average molecular weight is 227 g/mol. The molecule has 0 atom stereocenters. The van der Waals surface area contributed by atoms with Crippen LogP contribution in [0.4, 0.5) is 0 Å². The van der Waals surface area contributed by atoms with E-state index in [-0.39, 0.29) is 4.90 Å². The Morgan fingerprint density at radius 3 is 2.57 bits per heavy atom. The molecule has 0 radical (unpaired) electrons. The first-order chi connectivity index (χ1) is 6.55. The minimum Gasteiger partial charge on any atom is -0.225 e. The van der Waals surface area contributed by atoms with Crippen molar-refractivity contribution in [2.75, 3.05) is 5.75 Å². The third-order valence-electron chi connectivity index (χ3n) is 1.50. The highest BCUT2D eigenvalue weighted by atomic mass is 32.2. The molecule has 0 saturated carbocycles. The Hall–Kier alpha value is -0.960. The third-order valence-corrected chi connectivity index (χ3v) is 2.62. The Balaban J connectivity index is 3.31. The number of hydrogen-bond donors (Lipinski definition) is 2. The van der Waals surface area contributed by atoms with E-state index in [9.17, 15) is 8.42 Å². The quantitative estimate of drug-likeness (QED) is 0.545. The molecule has 0 heterocycles. The van der Waals surface area contributed by atoms with Crippen LogP contribution in [0.15, 0.2) is 29.2 Å². The molecule has 0 aliphatic carbocycles. The molecule has 14 heavy (non-hydrogen) atoms. The first-order valence-corrected chi connectivity index (χ1v) is 5.95. The monoisotopic (exact) mass is 227 g/mol. The first-order valence-electron chi connectivity index (χ1n) is 3.77. The molecular formula is C9H9NO2S2. The summed E-state index contributed by atoms with van der Waals surface area (Å²) in [5.41, 5.74) is 0.407. The predicted molar refractivity (Wildman–Crippen MR) is 58.5 cm³/mol. The number of sulfonamides is 1. The van der Waals surface area contributed by atoms with Crippen molar-refractivity contribution >= 4 is 22.7 Å². The Bertz CT molecular complexity index is 483. The molecule has 0 spiro atoms. The van der Waals surface area contributed by atoms with Gasteiger partial charge in [0, 0.05) is 5.56 Å². The molecule has 0 aliphatic rings. The molecule has 0 aliphatic heterocycles. The fourth-order valence-electron chi connectivity index (χ4n) is 0.953. The Morgan fingerprint density at radius 1 is 1.36 bits per heavy atom. The van der Waals surface area contributed by atoms with Gasteiger partial charge in [0.05, 0.1) is 10.6 Å². The van der Waals surface area contributed by atoms with Crippen molar-refractivity contribution in [2.24, 2.45) is 5.14 Å². The molecule has 3 nitrogen and oxygen atoms in total. The van der Waals surface area contributed by atoms with Crippen LogP contribution in [0.2, 0.25) is 0 Å². The van der Waals surface area contributed by atoms with E-state index in [1.165, 1.54) is 6.07 Å². The highest BCUT2D eigenvalue weighted by Crippen LogP contribution is 2.11. The standard InChI is InChI=1S/C9H9NO2S2/c10-14(11,12)9-6-2-1-4-8(9)5-3-7-13/h1-2,4,6,13H,7H2,(H2,10,11,12). The van der Waals surface area contributed by atoms with Gasteiger partial charge in [-0.15, -0.1) is 0 Å². The Labute approximate surface area is 88.8 Å². The van der Waals surface area contributed by atoms with Crippen LogP contribution in [0, 0.1) is 11.8 Å². The number of rotatable bonds is 1. The number of benzene rings is 1. The fraction of sp³-hybridized carbons (Fsp3) is 0.111. The van der Waals surface area contributed by atoms with E-state index in [1.807, 2.05) is 0 Å². The van der Waals surface area contributed by atoms with Gasteiger partial charge in [-0.25, -0.2) is 13.6 Å². The van der Waals surface area contributed by atoms with Crippen LogP contribution in [0.25, 0.3) is 0 Å². The fourth-order valence-corrected chi connectivity index (χ4v) is 1.73.